The van der Waals surface area contributed by atoms with Gasteiger partial charge in [-0.3, -0.25) is 4.79 Å². The molecule has 23 heavy (non-hydrogen) atoms. The van der Waals surface area contributed by atoms with Crippen molar-refractivity contribution in [1.29, 1.82) is 0 Å². The van der Waals surface area contributed by atoms with Gasteiger partial charge in [-0.1, -0.05) is 38.8 Å². The second-order valence-electron chi connectivity index (χ2n) is 6.85. The third-order valence-corrected chi connectivity index (χ3v) is 4.08. The zero-order valence-corrected chi connectivity index (χ0v) is 14.6. The summed E-state index contributed by atoms with van der Waals surface area (Å²) in [4.78, 5) is 19.8. The van der Waals surface area contributed by atoms with Crippen LogP contribution in [0.4, 0.5) is 0 Å². The van der Waals surface area contributed by atoms with E-state index in [1.807, 2.05) is 24.3 Å². The number of carbonyl (C=O) groups excluding carboxylic acids is 1. The lowest BCUT2D eigenvalue weighted by atomic mass is 10.0. The maximum atomic E-state index is 12.0. The Morgan fingerprint density at radius 2 is 1.96 bits per heavy atom. The predicted octanol–water partition coefficient (Wildman–Crippen LogP) is 4.22. The summed E-state index contributed by atoms with van der Waals surface area (Å²) in [6.07, 6.45) is 5.66. The Bertz CT molecular complexity index is 585. The maximum absolute atomic E-state index is 12.0. The molecule has 0 aliphatic carbocycles. The van der Waals surface area contributed by atoms with Crippen LogP contribution in [0.25, 0.3) is 11.0 Å². The normalized spacial score (nSPS) is 12.7. The Balaban J connectivity index is 1.66. The summed E-state index contributed by atoms with van der Waals surface area (Å²) in [5.74, 6) is 1.85. The second-order valence-corrected chi connectivity index (χ2v) is 6.85. The van der Waals surface area contributed by atoms with Crippen LogP contribution in [0.2, 0.25) is 0 Å². The minimum absolute atomic E-state index is 0.151. The summed E-state index contributed by atoms with van der Waals surface area (Å²) in [5, 5.41) is 3.10. The van der Waals surface area contributed by atoms with Crippen LogP contribution < -0.4 is 5.32 Å². The van der Waals surface area contributed by atoms with Gasteiger partial charge < -0.3 is 10.3 Å². The van der Waals surface area contributed by atoms with Crippen molar-refractivity contribution in [2.45, 2.75) is 65.3 Å². The van der Waals surface area contributed by atoms with Gasteiger partial charge in [0.25, 0.3) is 0 Å². The van der Waals surface area contributed by atoms with Gasteiger partial charge in [-0.25, -0.2) is 4.98 Å². The van der Waals surface area contributed by atoms with E-state index in [1.165, 1.54) is 12.8 Å². The van der Waals surface area contributed by atoms with Gasteiger partial charge in [-0.15, -0.1) is 0 Å². The molecule has 1 atom stereocenters. The van der Waals surface area contributed by atoms with Gasteiger partial charge in [0.2, 0.25) is 5.91 Å². The molecular formula is C19H29N3O. The molecule has 1 unspecified atom stereocenters. The number of hydrogen-bond acceptors (Lipinski definition) is 2. The molecule has 0 fully saturated rings. The second kappa shape index (κ2) is 8.70. The van der Waals surface area contributed by atoms with E-state index in [0.29, 0.717) is 6.42 Å². The van der Waals surface area contributed by atoms with E-state index in [1.54, 1.807) is 0 Å². The van der Waals surface area contributed by atoms with E-state index in [2.05, 4.69) is 36.1 Å². The first-order valence-electron chi connectivity index (χ1n) is 8.77. The first-order valence-corrected chi connectivity index (χ1v) is 8.77. The third kappa shape index (κ3) is 6.05. The van der Waals surface area contributed by atoms with Crippen LogP contribution >= 0.6 is 0 Å². The van der Waals surface area contributed by atoms with Crippen molar-refractivity contribution in [2.24, 2.45) is 5.92 Å². The molecule has 126 valence electrons. The zero-order chi connectivity index (χ0) is 16.7. The molecule has 4 nitrogen and oxygen atoms in total. The van der Waals surface area contributed by atoms with Crippen molar-refractivity contribution < 1.29 is 4.79 Å². The van der Waals surface area contributed by atoms with Crippen LogP contribution in [0, 0.1) is 5.92 Å². The molecule has 2 rings (SSSR count). The first kappa shape index (κ1) is 17.5. The quantitative estimate of drug-likeness (QED) is 0.728. The molecule has 4 heteroatoms. The molecule has 0 aliphatic rings. The fourth-order valence-electron chi connectivity index (χ4n) is 2.79. The highest BCUT2D eigenvalue weighted by Crippen LogP contribution is 2.12. The number of hydrogen-bond donors (Lipinski definition) is 2. The van der Waals surface area contributed by atoms with Crippen molar-refractivity contribution in [2.75, 3.05) is 0 Å². The fraction of sp³-hybridized carbons (Fsp3) is 0.579. The third-order valence-electron chi connectivity index (χ3n) is 4.08. The highest BCUT2D eigenvalue weighted by atomic mass is 16.1. The largest absolute Gasteiger partial charge is 0.354 e. The van der Waals surface area contributed by atoms with Gasteiger partial charge in [-0.2, -0.15) is 0 Å². The highest BCUT2D eigenvalue weighted by Gasteiger charge is 2.08. The molecule has 2 N–H and O–H groups in total. The van der Waals surface area contributed by atoms with Crippen molar-refractivity contribution >= 4 is 16.9 Å². The van der Waals surface area contributed by atoms with Crippen molar-refractivity contribution in [3.63, 3.8) is 0 Å². The van der Waals surface area contributed by atoms with Crippen molar-refractivity contribution in [3.8, 4) is 0 Å². The van der Waals surface area contributed by atoms with Crippen molar-refractivity contribution in [3.05, 3.63) is 30.1 Å². The molecule has 1 aromatic carbocycles. The lowest BCUT2D eigenvalue weighted by Gasteiger charge is -2.14. The van der Waals surface area contributed by atoms with E-state index in [4.69, 9.17) is 0 Å². The summed E-state index contributed by atoms with van der Waals surface area (Å²) in [5.41, 5.74) is 2.05. The lowest BCUT2D eigenvalue weighted by Crippen LogP contribution is -2.32. The molecule has 0 spiro atoms. The number of fused-ring (bicyclic) bond motifs is 1. The van der Waals surface area contributed by atoms with Gasteiger partial charge in [0, 0.05) is 18.9 Å². The molecule has 2 aromatic rings. The maximum Gasteiger partial charge on any atom is 0.220 e. The number of amides is 1. The summed E-state index contributed by atoms with van der Waals surface area (Å²) in [6, 6.07) is 8.28. The number of H-pyrrole nitrogens is 1. The van der Waals surface area contributed by atoms with Crippen LogP contribution in [0.3, 0.4) is 0 Å². The Hall–Kier alpha value is -1.84. The van der Waals surface area contributed by atoms with E-state index in [-0.39, 0.29) is 11.9 Å². The molecule has 0 radical (unpaired) electrons. The number of aromatic nitrogens is 2. The average Bonchev–Trinajstić information content (AvgIpc) is 2.89. The van der Waals surface area contributed by atoms with Crippen LogP contribution in [-0.2, 0) is 11.2 Å². The molecule has 1 aromatic heterocycles. The first-order chi connectivity index (χ1) is 11.0. The minimum atomic E-state index is 0.151. The van der Waals surface area contributed by atoms with Crippen LogP contribution in [0.15, 0.2) is 24.3 Å². The smallest absolute Gasteiger partial charge is 0.220 e. The Morgan fingerprint density at radius 1 is 1.17 bits per heavy atom. The number of carbonyl (C=O) groups is 1. The Kier molecular flexibility index (Phi) is 6.63. The molecule has 1 heterocycles. The summed E-state index contributed by atoms with van der Waals surface area (Å²) < 4.78 is 0. The molecule has 0 bridgehead atoms. The van der Waals surface area contributed by atoms with Gasteiger partial charge in [0.1, 0.15) is 5.82 Å². The predicted molar refractivity (Wildman–Crippen MR) is 95.3 cm³/mol. The van der Waals surface area contributed by atoms with Crippen LogP contribution in [0.1, 0.15) is 58.7 Å². The summed E-state index contributed by atoms with van der Waals surface area (Å²) in [6.45, 7) is 6.57. The summed E-state index contributed by atoms with van der Waals surface area (Å²) in [7, 11) is 0. The number of nitrogens with one attached hydrogen (secondary N) is 2. The lowest BCUT2D eigenvalue weighted by molar-refractivity contribution is -0.121. The van der Waals surface area contributed by atoms with Gasteiger partial charge in [-0.05, 0) is 37.8 Å². The number of nitrogens with zero attached hydrogens (tertiary/aromatic N) is 1. The minimum Gasteiger partial charge on any atom is -0.354 e. The van der Waals surface area contributed by atoms with Gasteiger partial charge in [0.05, 0.1) is 11.0 Å². The van der Waals surface area contributed by atoms with Crippen molar-refractivity contribution in [1.82, 2.24) is 15.3 Å². The average molecular weight is 315 g/mol. The summed E-state index contributed by atoms with van der Waals surface area (Å²) >= 11 is 0. The van der Waals surface area contributed by atoms with Gasteiger partial charge >= 0.3 is 0 Å². The monoisotopic (exact) mass is 315 g/mol. The van der Waals surface area contributed by atoms with E-state index in [0.717, 1.165) is 42.0 Å². The standard InChI is InChI=1S/C19H29N3O/c1-14(2)8-6-9-15(3)20-19(23)13-7-12-18-21-16-10-4-5-11-17(16)22-18/h4-5,10-11,14-15H,6-9,12-13H2,1-3H3,(H,20,23)(H,21,22). The number of aryl methyl sites for hydroxylation is 1. The van der Waals surface area contributed by atoms with Crippen LogP contribution in [-0.4, -0.2) is 21.9 Å². The molecular weight excluding hydrogens is 286 g/mol. The Labute approximate surface area is 139 Å². The topological polar surface area (TPSA) is 57.8 Å². The zero-order valence-electron chi connectivity index (χ0n) is 14.6. The number of rotatable bonds is 9. The number of para-hydroxylation sites is 2. The molecule has 0 saturated carbocycles. The number of imidazole rings is 1. The SMILES string of the molecule is CC(C)CCCC(C)NC(=O)CCCc1nc2ccccc2[nH]1. The van der Waals surface area contributed by atoms with Crippen LogP contribution in [0.5, 0.6) is 0 Å². The highest BCUT2D eigenvalue weighted by molar-refractivity contribution is 5.76. The molecule has 0 aliphatic heterocycles. The van der Waals surface area contributed by atoms with E-state index < -0.39 is 0 Å². The Morgan fingerprint density at radius 3 is 2.70 bits per heavy atom. The number of aromatic amines is 1. The number of benzene rings is 1. The fourth-order valence-corrected chi connectivity index (χ4v) is 2.79. The molecule has 0 saturated heterocycles. The molecule has 1 amide bonds. The van der Waals surface area contributed by atoms with E-state index in [9.17, 15) is 4.79 Å². The van der Waals surface area contributed by atoms with Gasteiger partial charge in [0.15, 0.2) is 0 Å². The van der Waals surface area contributed by atoms with E-state index >= 15 is 0 Å².